The maximum atomic E-state index is 9.92. The monoisotopic (exact) mass is 153 g/mol. The minimum absolute atomic E-state index is 0.152. The zero-order valence-corrected chi connectivity index (χ0v) is 5.78. The standard InChI is InChI=1S/C3H8NO4P/c1-4-2-3-8-9(5,6)7/h2H,3H2,1H3,(H2,5,6,7). The molecule has 0 spiro atoms. The molecule has 0 radical (unpaired) electrons. The van der Waals surface area contributed by atoms with Gasteiger partial charge in [-0.1, -0.05) is 0 Å². The Morgan fingerprint density at radius 3 is 2.67 bits per heavy atom. The molecule has 0 aliphatic rings. The number of hydrogen-bond donors (Lipinski definition) is 2. The molecule has 0 fully saturated rings. The summed E-state index contributed by atoms with van der Waals surface area (Å²) in [5.41, 5.74) is 0. The molecular formula is C3H8NO4P. The Labute approximate surface area is 52.6 Å². The van der Waals surface area contributed by atoms with Crippen LogP contribution in [0.3, 0.4) is 0 Å². The Morgan fingerprint density at radius 2 is 2.33 bits per heavy atom. The average Bonchev–Trinajstić information content (AvgIpc) is 1.63. The summed E-state index contributed by atoms with van der Waals surface area (Å²) in [5, 5.41) is 0. The Hall–Kier alpha value is -0.220. The first-order valence-electron chi connectivity index (χ1n) is 2.17. The molecule has 0 saturated heterocycles. The molecule has 0 aliphatic heterocycles. The van der Waals surface area contributed by atoms with Gasteiger partial charge in [-0.15, -0.1) is 0 Å². The van der Waals surface area contributed by atoms with Gasteiger partial charge in [0.05, 0.1) is 6.61 Å². The topological polar surface area (TPSA) is 79.1 Å². The van der Waals surface area contributed by atoms with Crippen molar-refractivity contribution in [2.45, 2.75) is 0 Å². The third-order valence-electron chi connectivity index (χ3n) is 0.500. The lowest BCUT2D eigenvalue weighted by atomic mass is 10.8. The molecule has 0 atom stereocenters. The molecule has 0 aromatic carbocycles. The summed E-state index contributed by atoms with van der Waals surface area (Å²) in [7, 11) is -2.80. The molecular weight excluding hydrogens is 145 g/mol. The summed E-state index contributed by atoms with van der Waals surface area (Å²) in [4.78, 5) is 19.6. The van der Waals surface area contributed by atoms with E-state index in [2.05, 4.69) is 9.52 Å². The van der Waals surface area contributed by atoms with Gasteiger partial charge in [-0.25, -0.2) is 4.57 Å². The van der Waals surface area contributed by atoms with Gasteiger partial charge in [0.2, 0.25) is 0 Å². The van der Waals surface area contributed by atoms with E-state index in [-0.39, 0.29) is 6.61 Å². The predicted molar refractivity (Wildman–Crippen MR) is 32.4 cm³/mol. The van der Waals surface area contributed by atoms with Crippen LogP contribution in [-0.4, -0.2) is 29.7 Å². The van der Waals surface area contributed by atoms with E-state index in [4.69, 9.17) is 9.79 Å². The van der Waals surface area contributed by atoms with E-state index in [1.165, 1.54) is 13.3 Å². The van der Waals surface area contributed by atoms with Crippen LogP contribution in [0.4, 0.5) is 0 Å². The van der Waals surface area contributed by atoms with Crippen molar-refractivity contribution in [3.8, 4) is 0 Å². The normalized spacial score (nSPS) is 12.8. The quantitative estimate of drug-likeness (QED) is 0.434. The average molecular weight is 153 g/mol. The van der Waals surface area contributed by atoms with Gasteiger partial charge >= 0.3 is 7.82 Å². The second-order valence-electron chi connectivity index (χ2n) is 1.23. The van der Waals surface area contributed by atoms with E-state index in [1.54, 1.807) is 0 Å². The zero-order chi connectivity index (χ0) is 7.33. The number of rotatable bonds is 3. The first-order chi connectivity index (χ1) is 4.06. The fourth-order valence-corrected chi connectivity index (χ4v) is 0.466. The summed E-state index contributed by atoms with van der Waals surface area (Å²) in [6.45, 7) is -0.152. The zero-order valence-electron chi connectivity index (χ0n) is 4.89. The summed E-state index contributed by atoms with van der Waals surface area (Å²) in [5.74, 6) is 0. The minimum Gasteiger partial charge on any atom is -0.303 e. The lowest BCUT2D eigenvalue weighted by molar-refractivity contribution is 0.222. The molecule has 0 rings (SSSR count). The van der Waals surface area contributed by atoms with E-state index in [0.717, 1.165) is 0 Å². The van der Waals surface area contributed by atoms with Crippen LogP contribution in [0.15, 0.2) is 4.99 Å². The Balaban J connectivity index is 3.40. The van der Waals surface area contributed by atoms with Gasteiger partial charge in [0.1, 0.15) is 0 Å². The van der Waals surface area contributed by atoms with Crippen LogP contribution in [0.2, 0.25) is 0 Å². The first-order valence-corrected chi connectivity index (χ1v) is 3.70. The first kappa shape index (κ1) is 8.78. The smallest absolute Gasteiger partial charge is 0.303 e. The molecule has 54 valence electrons. The summed E-state index contributed by atoms with van der Waals surface area (Å²) in [6, 6.07) is 0. The van der Waals surface area contributed by atoms with Gasteiger partial charge in [-0.2, -0.15) is 0 Å². The molecule has 2 N–H and O–H groups in total. The van der Waals surface area contributed by atoms with Gasteiger partial charge in [0.15, 0.2) is 0 Å². The number of hydrogen-bond acceptors (Lipinski definition) is 3. The SMILES string of the molecule is CN=CCOP(=O)(O)O. The van der Waals surface area contributed by atoms with Crippen molar-refractivity contribution >= 4 is 14.0 Å². The van der Waals surface area contributed by atoms with Gasteiger partial charge in [0, 0.05) is 13.3 Å². The third kappa shape index (κ3) is 7.78. The van der Waals surface area contributed by atoms with Crippen LogP contribution >= 0.6 is 7.82 Å². The second kappa shape index (κ2) is 3.74. The van der Waals surface area contributed by atoms with Crippen molar-refractivity contribution < 1.29 is 18.9 Å². The fraction of sp³-hybridized carbons (Fsp3) is 0.667. The molecule has 0 aliphatic carbocycles. The third-order valence-corrected chi connectivity index (χ3v) is 0.985. The largest absolute Gasteiger partial charge is 0.469 e. The van der Waals surface area contributed by atoms with Crippen LogP contribution in [0.1, 0.15) is 0 Å². The molecule has 6 heteroatoms. The second-order valence-corrected chi connectivity index (χ2v) is 2.47. The highest BCUT2D eigenvalue weighted by molar-refractivity contribution is 7.46. The number of nitrogens with zero attached hydrogens (tertiary/aromatic N) is 1. The van der Waals surface area contributed by atoms with E-state index < -0.39 is 7.82 Å². The van der Waals surface area contributed by atoms with E-state index in [0.29, 0.717) is 0 Å². The van der Waals surface area contributed by atoms with E-state index in [1.807, 2.05) is 0 Å². The van der Waals surface area contributed by atoms with Crippen LogP contribution in [0.5, 0.6) is 0 Å². The predicted octanol–water partition coefficient (Wildman–Crippen LogP) is -0.204. The van der Waals surface area contributed by atoms with Crippen molar-refractivity contribution in [1.82, 2.24) is 0 Å². The van der Waals surface area contributed by atoms with Crippen molar-refractivity contribution in [1.29, 1.82) is 0 Å². The van der Waals surface area contributed by atoms with Gasteiger partial charge < -0.3 is 9.79 Å². The van der Waals surface area contributed by atoms with Gasteiger partial charge in [-0.05, 0) is 0 Å². The minimum atomic E-state index is -4.29. The van der Waals surface area contributed by atoms with Crippen molar-refractivity contribution in [2.75, 3.05) is 13.7 Å². The maximum absolute atomic E-state index is 9.92. The molecule has 5 nitrogen and oxygen atoms in total. The van der Waals surface area contributed by atoms with Crippen LogP contribution in [-0.2, 0) is 9.09 Å². The van der Waals surface area contributed by atoms with E-state index in [9.17, 15) is 4.57 Å². The van der Waals surface area contributed by atoms with Crippen LogP contribution in [0, 0.1) is 0 Å². The number of aliphatic imine (C=N–C) groups is 1. The number of phosphoric ester groups is 1. The molecule has 0 aromatic heterocycles. The molecule has 9 heavy (non-hydrogen) atoms. The number of phosphoric acid groups is 1. The van der Waals surface area contributed by atoms with Crippen molar-refractivity contribution in [2.24, 2.45) is 4.99 Å². The summed E-state index contributed by atoms with van der Waals surface area (Å²) >= 11 is 0. The van der Waals surface area contributed by atoms with Crippen molar-refractivity contribution in [3.63, 3.8) is 0 Å². The fourth-order valence-electron chi connectivity index (χ4n) is 0.205. The van der Waals surface area contributed by atoms with Crippen LogP contribution in [0.25, 0.3) is 0 Å². The van der Waals surface area contributed by atoms with Gasteiger partial charge in [0.25, 0.3) is 0 Å². The summed E-state index contributed by atoms with van der Waals surface area (Å²) in [6.07, 6.45) is 1.26. The lowest BCUT2D eigenvalue weighted by Crippen LogP contribution is -1.91. The Morgan fingerprint density at radius 1 is 1.78 bits per heavy atom. The van der Waals surface area contributed by atoms with E-state index >= 15 is 0 Å². The molecule has 0 heterocycles. The Bertz CT molecular complexity index is 139. The lowest BCUT2D eigenvalue weighted by Gasteiger charge is -1.99. The van der Waals surface area contributed by atoms with Crippen molar-refractivity contribution in [3.05, 3.63) is 0 Å². The highest BCUT2D eigenvalue weighted by Crippen LogP contribution is 2.34. The summed E-state index contributed by atoms with van der Waals surface area (Å²) < 4.78 is 13.9. The molecule has 0 aromatic rings. The van der Waals surface area contributed by atoms with Crippen LogP contribution < -0.4 is 0 Å². The molecule has 0 saturated carbocycles. The Kier molecular flexibility index (Phi) is 3.65. The van der Waals surface area contributed by atoms with Gasteiger partial charge in [-0.3, -0.25) is 9.52 Å². The molecule has 0 amide bonds. The highest BCUT2D eigenvalue weighted by Gasteiger charge is 2.11. The molecule has 0 bridgehead atoms. The molecule has 0 unspecified atom stereocenters. The highest BCUT2D eigenvalue weighted by atomic mass is 31.2. The maximum Gasteiger partial charge on any atom is 0.469 e.